The van der Waals surface area contributed by atoms with Gasteiger partial charge in [0, 0.05) is 12.1 Å². The minimum absolute atomic E-state index is 0.473. The van der Waals surface area contributed by atoms with Gasteiger partial charge in [-0.15, -0.1) is 0 Å². The molecule has 2 aromatic carbocycles. The number of fused-ring (bicyclic) bond motifs is 1. The molecule has 1 saturated carbocycles. The van der Waals surface area contributed by atoms with Crippen LogP contribution in [0, 0.1) is 17.2 Å². The second-order valence-corrected chi connectivity index (χ2v) is 8.52. The molecule has 1 heterocycles. The first-order valence-electron chi connectivity index (χ1n) is 10.9. The van der Waals surface area contributed by atoms with Crippen molar-refractivity contribution in [1.82, 2.24) is 4.98 Å². The molecule has 3 aromatic rings. The third-order valence-electron chi connectivity index (χ3n) is 5.61. The number of hydrogen-bond donors (Lipinski definition) is 0. The van der Waals surface area contributed by atoms with E-state index in [1.165, 1.54) is 37.7 Å². The van der Waals surface area contributed by atoms with Crippen LogP contribution in [0.4, 0.5) is 0 Å². The summed E-state index contributed by atoms with van der Waals surface area (Å²) in [6.07, 6.45) is 10.1. The van der Waals surface area contributed by atoms with Gasteiger partial charge in [0.25, 0.3) is 0 Å². The number of rotatable bonds is 6. The molecule has 1 aliphatic rings. The van der Waals surface area contributed by atoms with Gasteiger partial charge in [-0.3, -0.25) is 0 Å². The summed E-state index contributed by atoms with van der Waals surface area (Å²) in [5.74, 6) is 2.53. The second kappa shape index (κ2) is 9.17. The van der Waals surface area contributed by atoms with Gasteiger partial charge in [-0.1, -0.05) is 45.2 Å². The van der Waals surface area contributed by atoms with Gasteiger partial charge in [0.1, 0.15) is 11.3 Å². The Balaban J connectivity index is 1.63. The predicted molar refractivity (Wildman–Crippen MR) is 120 cm³/mol. The average molecular weight is 401 g/mol. The van der Waals surface area contributed by atoms with E-state index in [0.29, 0.717) is 29.9 Å². The molecule has 0 amide bonds. The predicted octanol–water partition coefficient (Wildman–Crippen LogP) is 6.95. The van der Waals surface area contributed by atoms with Gasteiger partial charge in [0.15, 0.2) is 5.58 Å². The quantitative estimate of drug-likeness (QED) is 0.449. The smallest absolute Gasteiger partial charge is 0.220 e. The Bertz CT molecular complexity index is 1060. The summed E-state index contributed by atoms with van der Waals surface area (Å²) in [5.41, 5.74) is 4.57. The molecule has 1 aromatic heterocycles. The maximum atomic E-state index is 8.92. The zero-order valence-electron chi connectivity index (χ0n) is 17.7. The van der Waals surface area contributed by atoms with Gasteiger partial charge in [-0.25, -0.2) is 4.98 Å². The third kappa shape index (κ3) is 4.74. The number of benzene rings is 2. The number of hydrogen-bond acceptors (Lipinski definition) is 4. The van der Waals surface area contributed by atoms with E-state index in [0.717, 1.165) is 22.4 Å². The highest BCUT2D eigenvalue weighted by molar-refractivity contribution is 5.79. The van der Waals surface area contributed by atoms with Crippen molar-refractivity contribution < 1.29 is 9.15 Å². The van der Waals surface area contributed by atoms with Crippen LogP contribution in [0.5, 0.6) is 5.75 Å². The van der Waals surface area contributed by atoms with Gasteiger partial charge in [-0.2, -0.15) is 5.26 Å². The first-order chi connectivity index (χ1) is 14.6. The molecule has 1 fully saturated rings. The van der Waals surface area contributed by atoms with E-state index >= 15 is 0 Å². The fraction of sp³-hybridized carbons (Fsp3) is 0.385. The lowest BCUT2D eigenvalue weighted by Gasteiger charge is -2.24. The van der Waals surface area contributed by atoms with E-state index in [1.54, 1.807) is 12.1 Å². The Kier molecular flexibility index (Phi) is 6.18. The first-order valence-corrected chi connectivity index (χ1v) is 10.9. The summed E-state index contributed by atoms with van der Waals surface area (Å²) in [6, 6.07) is 13.8. The zero-order chi connectivity index (χ0) is 20.9. The minimum Gasteiger partial charge on any atom is -0.493 e. The van der Waals surface area contributed by atoms with Crippen molar-refractivity contribution in [2.24, 2.45) is 5.92 Å². The number of ether oxygens (including phenoxy) is 1. The molecule has 0 aliphatic heterocycles. The molecule has 0 bridgehead atoms. The van der Waals surface area contributed by atoms with Crippen LogP contribution in [-0.4, -0.2) is 11.6 Å². The molecule has 4 heteroatoms. The Morgan fingerprint density at radius 2 is 1.90 bits per heavy atom. The highest BCUT2D eigenvalue weighted by Gasteiger charge is 2.21. The largest absolute Gasteiger partial charge is 0.493 e. The molecule has 4 rings (SSSR count). The van der Waals surface area contributed by atoms with E-state index in [9.17, 15) is 0 Å². The normalized spacial score (nSPS) is 15.1. The molecule has 154 valence electrons. The van der Waals surface area contributed by atoms with Crippen molar-refractivity contribution in [3.05, 3.63) is 59.0 Å². The van der Waals surface area contributed by atoms with Crippen LogP contribution in [0.1, 0.15) is 74.5 Å². The summed E-state index contributed by atoms with van der Waals surface area (Å²) in [6.45, 7) is 5.03. The van der Waals surface area contributed by atoms with Crippen LogP contribution in [-0.2, 0) is 0 Å². The average Bonchev–Trinajstić information content (AvgIpc) is 3.18. The maximum Gasteiger partial charge on any atom is 0.220 e. The van der Waals surface area contributed by atoms with E-state index < -0.39 is 0 Å². The zero-order valence-corrected chi connectivity index (χ0v) is 17.7. The van der Waals surface area contributed by atoms with E-state index in [-0.39, 0.29) is 0 Å². The lowest BCUT2D eigenvalue weighted by atomic mass is 9.83. The third-order valence-corrected chi connectivity index (χ3v) is 5.61. The molecule has 0 spiro atoms. The molecule has 0 radical (unpaired) electrons. The SMILES string of the molecule is CC(C)COc1cc2oc(C=Cc3ccc(C#N)cc3)nc2cc1C1CCCCC1. The van der Waals surface area contributed by atoms with Gasteiger partial charge >= 0.3 is 0 Å². The van der Waals surface area contributed by atoms with Gasteiger partial charge in [-0.05, 0) is 60.1 Å². The molecular weight excluding hydrogens is 372 g/mol. The van der Waals surface area contributed by atoms with Crippen LogP contribution in [0.3, 0.4) is 0 Å². The van der Waals surface area contributed by atoms with Crippen LogP contribution in [0.15, 0.2) is 40.8 Å². The molecule has 0 atom stereocenters. The fourth-order valence-electron chi connectivity index (χ4n) is 4.01. The van der Waals surface area contributed by atoms with E-state index in [4.69, 9.17) is 19.4 Å². The lowest BCUT2D eigenvalue weighted by Crippen LogP contribution is -2.10. The molecule has 1 aliphatic carbocycles. The van der Waals surface area contributed by atoms with Crippen LogP contribution in [0.25, 0.3) is 23.3 Å². The summed E-state index contributed by atoms with van der Waals surface area (Å²) >= 11 is 0. The van der Waals surface area contributed by atoms with Gasteiger partial charge in [0.05, 0.1) is 18.2 Å². The van der Waals surface area contributed by atoms with E-state index in [2.05, 4.69) is 26.0 Å². The summed E-state index contributed by atoms with van der Waals surface area (Å²) in [7, 11) is 0. The monoisotopic (exact) mass is 400 g/mol. The Morgan fingerprint density at radius 1 is 1.13 bits per heavy atom. The van der Waals surface area contributed by atoms with Crippen molar-refractivity contribution in [3.8, 4) is 11.8 Å². The summed E-state index contributed by atoms with van der Waals surface area (Å²) < 4.78 is 12.2. The lowest BCUT2D eigenvalue weighted by molar-refractivity contribution is 0.265. The number of nitriles is 1. The Labute approximate surface area is 178 Å². The number of nitrogens with zero attached hydrogens (tertiary/aromatic N) is 2. The van der Waals surface area contributed by atoms with Crippen LogP contribution in [0.2, 0.25) is 0 Å². The van der Waals surface area contributed by atoms with Crippen molar-refractivity contribution in [2.75, 3.05) is 6.61 Å². The minimum atomic E-state index is 0.473. The molecule has 0 saturated heterocycles. The van der Waals surface area contributed by atoms with Crippen molar-refractivity contribution >= 4 is 23.3 Å². The molecule has 30 heavy (non-hydrogen) atoms. The molecular formula is C26H28N2O2. The Morgan fingerprint density at radius 3 is 2.60 bits per heavy atom. The topological polar surface area (TPSA) is 59.0 Å². The van der Waals surface area contributed by atoms with Crippen LogP contribution >= 0.6 is 0 Å². The highest BCUT2D eigenvalue weighted by atomic mass is 16.5. The molecule has 0 unspecified atom stereocenters. The Hall–Kier alpha value is -3.06. The number of oxazole rings is 1. The summed E-state index contributed by atoms with van der Waals surface area (Å²) in [5, 5.41) is 8.92. The second-order valence-electron chi connectivity index (χ2n) is 8.52. The van der Waals surface area contributed by atoms with Crippen molar-refractivity contribution in [3.63, 3.8) is 0 Å². The standard InChI is InChI=1S/C26H28N2O2/c1-18(2)17-29-24-15-25-23(14-22(24)21-6-4-3-5-7-21)28-26(30-25)13-12-19-8-10-20(16-27)11-9-19/h8-15,18,21H,3-7,17H2,1-2H3. The van der Waals surface area contributed by atoms with E-state index in [1.807, 2.05) is 30.4 Å². The van der Waals surface area contributed by atoms with Gasteiger partial charge in [0.2, 0.25) is 5.89 Å². The fourth-order valence-corrected chi connectivity index (χ4v) is 4.01. The summed E-state index contributed by atoms with van der Waals surface area (Å²) in [4.78, 5) is 4.69. The highest BCUT2D eigenvalue weighted by Crippen LogP contribution is 2.40. The van der Waals surface area contributed by atoms with Crippen molar-refractivity contribution in [1.29, 1.82) is 5.26 Å². The molecule has 4 nitrogen and oxygen atoms in total. The van der Waals surface area contributed by atoms with Gasteiger partial charge < -0.3 is 9.15 Å². The van der Waals surface area contributed by atoms with Crippen molar-refractivity contribution in [2.45, 2.75) is 51.9 Å². The first kappa shape index (κ1) is 20.2. The maximum absolute atomic E-state index is 8.92. The number of aromatic nitrogens is 1. The molecule has 0 N–H and O–H groups in total. The van der Waals surface area contributed by atoms with Crippen LogP contribution < -0.4 is 4.74 Å².